The summed E-state index contributed by atoms with van der Waals surface area (Å²) in [5.41, 5.74) is 0.743. The zero-order valence-electron chi connectivity index (χ0n) is 22.8. The van der Waals surface area contributed by atoms with Gasteiger partial charge in [-0.1, -0.05) is 56.3 Å². The third kappa shape index (κ3) is 3.29. The van der Waals surface area contributed by atoms with Gasteiger partial charge in [-0.05, 0) is 42.7 Å². The first kappa shape index (κ1) is 25.3. The number of nitrogens with zero attached hydrogens (tertiary/aromatic N) is 3. The summed E-state index contributed by atoms with van der Waals surface area (Å²) >= 11 is 0. The molecule has 9 heteroatoms. The number of methoxy groups -OCH3 is 1. The Morgan fingerprint density at radius 2 is 1.63 bits per heavy atom. The van der Waals surface area contributed by atoms with E-state index in [0.29, 0.717) is 28.8 Å². The number of ether oxygens (including phenoxy) is 1. The molecule has 0 aliphatic carbocycles. The Morgan fingerprint density at radius 1 is 0.951 bits per heavy atom. The average molecular weight is 549 g/mol. The van der Waals surface area contributed by atoms with Crippen LogP contribution in [-0.4, -0.2) is 40.5 Å². The summed E-state index contributed by atoms with van der Waals surface area (Å²) in [5, 5.41) is 4.17. The Hall–Kier alpha value is -4.63. The predicted octanol–water partition coefficient (Wildman–Crippen LogP) is 3.55. The molecule has 206 valence electrons. The molecule has 4 aromatic rings. The summed E-state index contributed by atoms with van der Waals surface area (Å²) in [6, 6.07) is 20.7. The molecule has 1 spiro atoms. The van der Waals surface area contributed by atoms with E-state index in [1.807, 2.05) is 30.3 Å². The summed E-state index contributed by atoms with van der Waals surface area (Å²) in [5.74, 6) is -2.49. The van der Waals surface area contributed by atoms with E-state index in [-0.39, 0.29) is 34.7 Å². The van der Waals surface area contributed by atoms with Gasteiger partial charge in [-0.2, -0.15) is 0 Å². The first-order valence-corrected chi connectivity index (χ1v) is 13.7. The lowest BCUT2D eigenvalue weighted by Gasteiger charge is -2.32. The number of amides is 2. The lowest BCUT2D eigenvalue weighted by Crippen LogP contribution is -2.50. The SMILES string of the molecule is COC(=O)c1ccccc1N1C(=O)[C@H]2[C@H](CC(C)C)N[C@@]3(c4ccccc4-n4c3nc3ccccc3c4=O)[C@H]2C1=O. The number of benzene rings is 3. The highest BCUT2D eigenvalue weighted by Crippen LogP contribution is 2.56. The molecule has 0 saturated carbocycles. The summed E-state index contributed by atoms with van der Waals surface area (Å²) in [4.78, 5) is 61.7. The fraction of sp³-hybridized carbons (Fsp3) is 0.281. The van der Waals surface area contributed by atoms with Crippen LogP contribution in [0.15, 0.2) is 77.6 Å². The zero-order valence-corrected chi connectivity index (χ0v) is 22.8. The number of hydrogen-bond acceptors (Lipinski definition) is 7. The third-order valence-corrected chi connectivity index (χ3v) is 8.64. The van der Waals surface area contributed by atoms with Crippen LogP contribution >= 0.6 is 0 Å². The highest BCUT2D eigenvalue weighted by Gasteiger charge is 2.69. The predicted molar refractivity (Wildman–Crippen MR) is 152 cm³/mol. The van der Waals surface area contributed by atoms with Gasteiger partial charge in [-0.3, -0.25) is 24.3 Å². The number of hydrogen-bond donors (Lipinski definition) is 1. The maximum absolute atomic E-state index is 14.6. The largest absolute Gasteiger partial charge is 0.465 e. The van der Waals surface area contributed by atoms with Crippen molar-refractivity contribution in [3.05, 3.63) is 100 Å². The number of carbonyl (C=O) groups excluding carboxylic acids is 3. The molecule has 4 atom stereocenters. The van der Waals surface area contributed by atoms with Crippen molar-refractivity contribution in [2.24, 2.45) is 17.8 Å². The van der Waals surface area contributed by atoms with Crippen molar-refractivity contribution in [3.63, 3.8) is 0 Å². The van der Waals surface area contributed by atoms with Gasteiger partial charge in [-0.25, -0.2) is 14.7 Å². The van der Waals surface area contributed by atoms with Gasteiger partial charge in [0, 0.05) is 11.6 Å². The summed E-state index contributed by atoms with van der Waals surface area (Å²) in [6.07, 6.45) is 0.619. The van der Waals surface area contributed by atoms with Gasteiger partial charge in [0.1, 0.15) is 11.4 Å². The lowest BCUT2D eigenvalue weighted by atomic mass is 9.75. The number of nitrogens with one attached hydrogen (secondary N) is 1. The Kier molecular flexibility index (Phi) is 5.53. The first-order chi connectivity index (χ1) is 19.8. The number of rotatable bonds is 4. The number of esters is 1. The molecule has 0 unspecified atom stereocenters. The van der Waals surface area contributed by atoms with Gasteiger partial charge in [0.15, 0.2) is 0 Å². The number of aromatic nitrogens is 2. The first-order valence-electron chi connectivity index (χ1n) is 13.7. The number of fused-ring (bicyclic) bond motifs is 8. The maximum Gasteiger partial charge on any atom is 0.339 e. The smallest absolute Gasteiger partial charge is 0.339 e. The van der Waals surface area contributed by atoms with E-state index in [9.17, 15) is 19.2 Å². The van der Waals surface area contributed by atoms with Gasteiger partial charge in [0.05, 0.1) is 46.8 Å². The fourth-order valence-electron chi connectivity index (χ4n) is 7.12. The molecule has 0 radical (unpaired) electrons. The standard InChI is InChI=1S/C32H28N4O5/c1-17(2)16-22-25-26(29(39)35(28(25)38)23-14-8-5-11-19(23)30(40)41-3)32(34-22)20-12-6-9-15-24(20)36-27(37)18-10-4-7-13-21(18)33-31(32)36/h4-15,17,22,25-26,34H,16H2,1-3H3/t22-,25-,26+,32-/m0/s1. The van der Waals surface area contributed by atoms with Crippen LogP contribution in [0.1, 0.15) is 42.0 Å². The van der Waals surface area contributed by atoms with Gasteiger partial charge < -0.3 is 4.74 Å². The van der Waals surface area contributed by atoms with Crippen molar-refractivity contribution in [1.29, 1.82) is 0 Å². The lowest BCUT2D eigenvalue weighted by molar-refractivity contribution is -0.123. The van der Waals surface area contributed by atoms with Crippen LogP contribution in [0, 0.1) is 17.8 Å². The van der Waals surface area contributed by atoms with E-state index in [2.05, 4.69) is 19.2 Å². The molecule has 3 aliphatic rings. The van der Waals surface area contributed by atoms with Crippen LogP contribution in [-0.2, 0) is 19.9 Å². The van der Waals surface area contributed by atoms with Crippen molar-refractivity contribution < 1.29 is 19.1 Å². The monoisotopic (exact) mass is 548 g/mol. The molecule has 3 aromatic carbocycles. The molecule has 1 aromatic heterocycles. The maximum atomic E-state index is 14.6. The molecule has 2 amide bonds. The topological polar surface area (TPSA) is 111 Å². The number of carbonyl (C=O) groups is 3. The van der Waals surface area contributed by atoms with Crippen molar-refractivity contribution in [2.75, 3.05) is 12.0 Å². The molecule has 2 saturated heterocycles. The van der Waals surface area contributed by atoms with Gasteiger partial charge in [0.25, 0.3) is 5.56 Å². The molecular formula is C32H28N4O5. The highest BCUT2D eigenvalue weighted by molar-refractivity contribution is 6.25. The Bertz CT molecular complexity index is 1850. The summed E-state index contributed by atoms with van der Waals surface area (Å²) in [6.45, 7) is 4.14. The van der Waals surface area contributed by atoms with Crippen LogP contribution < -0.4 is 15.8 Å². The van der Waals surface area contributed by atoms with E-state index in [1.54, 1.807) is 47.0 Å². The quantitative estimate of drug-likeness (QED) is 0.307. The highest BCUT2D eigenvalue weighted by atomic mass is 16.5. The van der Waals surface area contributed by atoms with E-state index < -0.39 is 29.3 Å². The molecule has 3 aliphatic heterocycles. The van der Waals surface area contributed by atoms with Crippen LogP contribution in [0.25, 0.3) is 16.6 Å². The normalized spacial score (nSPS) is 24.3. The van der Waals surface area contributed by atoms with E-state index in [1.165, 1.54) is 7.11 Å². The summed E-state index contributed by atoms with van der Waals surface area (Å²) in [7, 11) is 1.26. The second-order valence-corrected chi connectivity index (χ2v) is 11.3. The van der Waals surface area contributed by atoms with Crippen LogP contribution in [0.4, 0.5) is 5.69 Å². The molecule has 1 N–H and O–H groups in total. The Labute approximate surface area is 235 Å². The average Bonchev–Trinajstić information content (AvgIpc) is 3.55. The van der Waals surface area contributed by atoms with Gasteiger partial charge in [-0.15, -0.1) is 0 Å². The summed E-state index contributed by atoms with van der Waals surface area (Å²) < 4.78 is 6.55. The molecule has 4 heterocycles. The molecule has 2 fully saturated rings. The minimum Gasteiger partial charge on any atom is -0.465 e. The van der Waals surface area contributed by atoms with Crippen molar-refractivity contribution >= 4 is 34.4 Å². The van der Waals surface area contributed by atoms with Gasteiger partial charge in [0.2, 0.25) is 11.8 Å². The number of imide groups is 1. The number of para-hydroxylation sites is 3. The zero-order chi connectivity index (χ0) is 28.6. The van der Waals surface area contributed by atoms with E-state index in [0.717, 1.165) is 10.5 Å². The molecular weight excluding hydrogens is 520 g/mol. The van der Waals surface area contributed by atoms with E-state index in [4.69, 9.17) is 9.72 Å². The van der Waals surface area contributed by atoms with Gasteiger partial charge >= 0.3 is 5.97 Å². The Morgan fingerprint density at radius 3 is 2.39 bits per heavy atom. The molecule has 7 rings (SSSR count). The molecule has 9 nitrogen and oxygen atoms in total. The van der Waals surface area contributed by atoms with Crippen molar-refractivity contribution in [1.82, 2.24) is 14.9 Å². The van der Waals surface area contributed by atoms with Crippen LogP contribution in [0.3, 0.4) is 0 Å². The minimum atomic E-state index is -1.23. The van der Waals surface area contributed by atoms with Crippen LogP contribution in [0.5, 0.6) is 0 Å². The Balaban J connectivity index is 1.51. The van der Waals surface area contributed by atoms with Crippen LogP contribution in [0.2, 0.25) is 0 Å². The van der Waals surface area contributed by atoms with Crippen molar-refractivity contribution in [3.8, 4) is 5.69 Å². The minimum absolute atomic E-state index is 0.131. The fourth-order valence-corrected chi connectivity index (χ4v) is 7.12. The van der Waals surface area contributed by atoms with Crippen molar-refractivity contribution in [2.45, 2.75) is 31.8 Å². The molecule has 41 heavy (non-hydrogen) atoms. The molecule has 0 bridgehead atoms. The third-order valence-electron chi connectivity index (χ3n) is 8.64. The second-order valence-electron chi connectivity index (χ2n) is 11.3. The second kappa shape index (κ2) is 8.94. The number of anilines is 1. The van der Waals surface area contributed by atoms with E-state index >= 15 is 0 Å².